The van der Waals surface area contributed by atoms with Crippen molar-refractivity contribution in [2.75, 3.05) is 5.43 Å². The van der Waals surface area contributed by atoms with Crippen LogP contribution < -0.4 is 5.43 Å². The predicted octanol–water partition coefficient (Wildman–Crippen LogP) is 12.2. The van der Waals surface area contributed by atoms with Crippen molar-refractivity contribution in [3.63, 3.8) is 0 Å². The Labute approximate surface area is 305 Å². The molecule has 0 bridgehead atoms. The summed E-state index contributed by atoms with van der Waals surface area (Å²) in [5, 5.41) is 22.9. The molecule has 1 amide bonds. The summed E-state index contributed by atoms with van der Waals surface area (Å²) in [6.45, 7) is 14.9. The van der Waals surface area contributed by atoms with E-state index in [1.54, 1.807) is 0 Å². The first-order valence-electron chi connectivity index (χ1n) is 20.0. The Balaban J connectivity index is 1.38. The van der Waals surface area contributed by atoms with Gasteiger partial charge >= 0.3 is 0 Å². The van der Waals surface area contributed by atoms with E-state index in [0.717, 1.165) is 47.1 Å². The van der Waals surface area contributed by atoms with Crippen molar-refractivity contribution in [1.82, 2.24) is 4.68 Å². The molecular weight excluding hydrogens is 625 g/mol. The third-order valence-electron chi connectivity index (χ3n) is 10.8. The quantitative estimate of drug-likeness (QED) is 0.0775. The number of rotatable bonds is 21. The van der Waals surface area contributed by atoms with Crippen LogP contribution >= 0.6 is 12.6 Å². The lowest BCUT2D eigenvalue weighted by Gasteiger charge is -2.28. The summed E-state index contributed by atoms with van der Waals surface area (Å²) >= 11 is 4.74. The number of aromatic nitrogens is 1. The van der Waals surface area contributed by atoms with Gasteiger partial charge in [-0.3, -0.25) is 10.2 Å². The molecule has 1 unspecified atom stereocenters. The number of amides is 1. The van der Waals surface area contributed by atoms with Crippen molar-refractivity contribution in [2.45, 2.75) is 206 Å². The van der Waals surface area contributed by atoms with Gasteiger partial charge in [-0.2, -0.15) is 0 Å². The van der Waals surface area contributed by atoms with Crippen LogP contribution in [0.25, 0.3) is 0 Å². The van der Waals surface area contributed by atoms with Gasteiger partial charge in [0.25, 0.3) is 0 Å². The molecule has 0 saturated heterocycles. The maximum absolute atomic E-state index is 13.1. The number of aromatic hydroxyl groups is 2. The molecule has 1 aromatic heterocycles. The monoisotopic (exact) mass is 697 g/mol. The standard InChI is InChI=1S/C43H72N2O3S/c1-8-9-10-11-12-13-14-15-16-17-18-19-20-21-22-23-24-32-25-27-34-35(29-32)40(48)45(41(34)49)44-38(46)28-26-33-30-36(42(2,3)4)39(47)37(31-33)43(5,6)7/h30-32,47-49H,8-29H2,1-7H3,(H,44,46). The summed E-state index contributed by atoms with van der Waals surface area (Å²) in [5.74, 6) is 0.904. The third-order valence-corrected chi connectivity index (χ3v) is 11.2. The molecule has 1 atom stereocenters. The van der Waals surface area contributed by atoms with E-state index in [9.17, 15) is 15.0 Å². The van der Waals surface area contributed by atoms with Crippen LogP contribution in [0.2, 0.25) is 0 Å². The van der Waals surface area contributed by atoms with E-state index in [0.29, 0.717) is 23.1 Å². The molecule has 3 rings (SSSR count). The Hall–Kier alpha value is -2.08. The van der Waals surface area contributed by atoms with Gasteiger partial charge in [-0.1, -0.05) is 170 Å². The fourth-order valence-corrected chi connectivity index (χ4v) is 8.00. The number of nitrogens with zero attached hydrogens (tertiary/aromatic N) is 1. The molecule has 1 aliphatic carbocycles. The van der Waals surface area contributed by atoms with Crippen LogP contribution in [0.15, 0.2) is 17.2 Å². The Bertz CT molecular complexity index is 1260. The van der Waals surface area contributed by atoms with Crippen LogP contribution in [-0.4, -0.2) is 20.8 Å². The smallest absolute Gasteiger partial charge is 0.239 e. The van der Waals surface area contributed by atoms with E-state index in [4.69, 9.17) is 12.6 Å². The second-order valence-electron chi connectivity index (χ2n) is 17.2. The van der Waals surface area contributed by atoms with Crippen LogP contribution in [0.1, 0.15) is 198 Å². The number of phenolic OH excluding ortho intramolecular Hbond substituents is 1. The van der Waals surface area contributed by atoms with Gasteiger partial charge in [0.15, 0.2) is 0 Å². The minimum atomic E-state index is -0.219. The largest absolute Gasteiger partial charge is 0.507 e. The number of carbonyl (C=O) groups is 1. The van der Waals surface area contributed by atoms with Crippen LogP contribution in [0, 0.1) is 5.92 Å². The lowest BCUT2D eigenvalue weighted by Crippen LogP contribution is -2.23. The minimum Gasteiger partial charge on any atom is -0.507 e. The third kappa shape index (κ3) is 13.2. The predicted molar refractivity (Wildman–Crippen MR) is 211 cm³/mol. The van der Waals surface area contributed by atoms with E-state index in [1.807, 2.05) is 12.1 Å². The molecule has 3 N–H and O–H groups in total. The van der Waals surface area contributed by atoms with Crippen molar-refractivity contribution >= 4 is 18.5 Å². The summed E-state index contributed by atoms with van der Waals surface area (Å²) in [7, 11) is 0. The summed E-state index contributed by atoms with van der Waals surface area (Å²) in [6, 6.07) is 4.07. The Morgan fingerprint density at radius 3 is 1.71 bits per heavy atom. The van der Waals surface area contributed by atoms with E-state index in [1.165, 1.54) is 114 Å². The van der Waals surface area contributed by atoms with Crippen molar-refractivity contribution in [2.24, 2.45) is 5.92 Å². The zero-order valence-corrected chi connectivity index (χ0v) is 33.4. The summed E-state index contributed by atoms with van der Waals surface area (Å²) in [5.41, 5.74) is 7.35. The van der Waals surface area contributed by atoms with Crippen molar-refractivity contribution in [1.29, 1.82) is 0 Å². The molecule has 6 heteroatoms. The number of fused-ring (bicyclic) bond motifs is 1. The molecule has 0 radical (unpaired) electrons. The Kier molecular flexibility index (Phi) is 16.9. The minimum absolute atomic E-state index is 0.139. The molecule has 0 aliphatic heterocycles. The van der Waals surface area contributed by atoms with Crippen LogP contribution in [-0.2, 0) is 34.9 Å². The second-order valence-corrected chi connectivity index (χ2v) is 17.6. The summed E-state index contributed by atoms with van der Waals surface area (Å²) < 4.78 is 1.49. The lowest BCUT2D eigenvalue weighted by molar-refractivity contribution is -0.117. The molecule has 1 aromatic carbocycles. The Morgan fingerprint density at radius 1 is 0.776 bits per heavy atom. The number of carbonyl (C=O) groups excluding carboxylic acids is 1. The van der Waals surface area contributed by atoms with Gasteiger partial charge in [0.05, 0.1) is 5.03 Å². The van der Waals surface area contributed by atoms with Crippen molar-refractivity contribution < 1.29 is 15.0 Å². The van der Waals surface area contributed by atoms with Gasteiger partial charge in [0, 0.05) is 12.0 Å². The number of nitrogens with one attached hydrogen (secondary N) is 1. The average molecular weight is 697 g/mol. The zero-order chi connectivity index (χ0) is 36.0. The number of aryl methyl sites for hydroxylation is 1. The normalized spacial score (nSPS) is 15.1. The topological polar surface area (TPSA) is 74.5 Å². The fourth-order valence-electron chi connectivity index (χ4n) is 7.61. The number of hydrogen-bond donors (Lipinski definition) is 4. The number of thiol groups is 1. The van der Waals surface area contributed by atoms with E-state index >= 15 is 0 Å². The number of hydrogen-bond acceptors (Lipinski definition) is 4. The molecule has 0 fully saturated rings. The average Bonchev–Trinajstić information content (AvgIpc) is 3.27. The zero-order valence-electron chi connectivity index (χ0n) is 32.5. The van der Waals surface area contributed by atoms with Crippen LogP contribution in [0.4, 0.5) is 0 Å². The van der Waals surface area contributed by atoms with Crippen LogP contribution in [0.3, 0.4) is 0 Å². The first-order valence-corrected chi connectivity index (χ1v) is 20.5. The van der Waals surface area contributed by atoms with Gasteiger partial charge in [0.1, 0.15) is 5.75 Å². The lowest BCUT2D eigenvalue weighted by atomic mass is 9.78. The molecule has 1 heterocycles. The van der Waals surface area contributed by atoms with Crippen molar-refractivity contribution in [3.05, 3.63) is 39.9 Å². The number of benzene rings is 1. The molecule has 5 nitrogen and oxygen atoms in total. The van der Waals surface area contributed by atoms with E-state index in [2.05, 4.69) is 53.9 Å². The first-order chi connectivity index (χ1) is 23.2. The van der Waals surface area contributed by atoms with Gasteiger partial charge in [-0.25, -0.2) is 4.68 Å². The second kappa shape index (κ2) is 20.1. The van der Waals surface area contributed by atoms with Gasteiger partial charge in [-0.15, -0.1) is 12.6 Å². The highest BCUT2D eigenvalue weighted by Gasteiger charge is 2.29. The van der Waals surface area contributed by atoms with E-state index in [-0.39, 0.29) is 29.0 Å². The van der Waals surface area contributed by atoms with E-state index < -0.39 is 0 Å². The summed E-state index contributed by atoms with van der Waals surface area (Å²) in [4.78, 5) is 13.1. The SMILES string of the molecule is CCCCCCCCCCCCCCCCCCC1CCc2c(c(O)n(NC(=O)CCc3cc(C(C)(C)C)c(O)c(C(C)(C)C)c3)c2S)C1. The first kappa shape index (κ1) is 41.3. The molecule has 1 aliphatic rings. The molecule has 278 valence electrons. The van der Waals surface area contributed by atoms with Crippen LogP contribution in [0.5, 0.6) is 11.6 Å². The summed E-state index contributed by atoms with van der Waals surface area (Å²) in [6.07, 6.45) is 27.1. The Morgan fingerprint density at radius 2 is 1.24 bits per heavy atom. The molecule has 2 aromatic rings. The highest BCUT2D eigenvalue weighted by molar-refractivity contribution is 7.80. The highest BCUT2D eigenvalue weighted by Crippen LogP contribution is 2.41. The maximum atomic E-state index is 13.1. The molecule has 0 saturated carbocycles. The highest BCUT2D eigenvalue weighted by atomic mass is 32.1. The van der Waals surface area contributed by atoms with Gasteiger partial charge in [-0.05, 0) is 64.7 Å². The molecule has 49 heavy (non-hydrogen) atoms. The fraction of sp³-hybridized carbons (Fsp3) is 0.744. The van der Waals surface area contributed by atoms with Gasteiger partial charge in [0.2, 0.25) is 11.8 Å². The number of phenols is 1. The maximum Gasteiger partial charge on any atom is 0.239 e. The van der Waals surface area contributed by atoms with Crippen molar-refractivity contribution in [3.8, 4) is 11.6 Å². The molecule has 0 spiro atoms. The molecular formula is C43H72N2O3S. The number of unbranched alkanes of at least 4 members (excludes halogenated alkanes) is 15. The van der Waals surface area contributed by atoms with Gasteiger partial charge < -0.3 is 10.2 Å².